The second-order valence-electron chi connectivity index (χ2n) is 7.61. The minimum atomic E-state index is -4.92. The quantitative estimate of drug-likeness (QED) is 0.559. The van der Waals surface area contributed by atoms with Gasteiger partial charge in [0.2, 0.25) is 0 Å². The van der Waals surface area contributed by atoms with Crippen molar-refractivity contribution < 1.29 is 26.8 Å². The number of carbonyl (C=O) groups excluding carboxylic acids is 1. The van der Waals surface area contributed by atoms with Gasteiger partial charge in [0.1, 0.15) is 17.3 Å². The van der Waals surface area contributed by atoms with E-state index in [9.17, 15) is 22.4 Å². The maximum absolute atomic E-state index is 14.1. The molecule has 3 aromatic rings. The van der Waals surface area contributed by atoms with E-state index in [-0.39, 0.29) is 18.3 Å². The van der Waals surface area contributed by atoms with Crippen LogP contribution in [0.3, 0.4) is 0 Å². The second kappa shape index (κ2) is 9.15. The number of hydrogen-bond acceptors (Lipinski definition) is 4. The molecule has 3 heterocycles. The highest BCUT2D eigenvalue weighted by Crippen LogP contribution is 2.34. The van der Waals surface area contributed by atoms with Crippen molar-refractivity contribution in [3.8, 4) is 5.69 Å². The summed E-state index contributed by atoms with van der Waals surface area (Å²) in [6.45, 7) is 1.68. The number of halogens is 4. The van der Waals surface area contributed by atoms with Crippen LogP contribution in [-0.2, 0) is 6.18 Å². The number of nitrogens with one attached hydrogen (secondary N) is 1. The summed E-state index contributed by atoms with van der Waals surface area (Å²) in [6.07, 6.45) is 0.524. The molecule has 0 aliphatic carbocycles. The molecule has 1 aliphatic heterocycles. The Kier molecular flexibility index (Phi) is 6.31. The second-order valence-corrected chi connectivity index (χ2v) is 7.61. The first-order chi connectivity index (χ1) is 15.4. The number of piperidine rings is 1. The van der Waals surface area contributed by atoms with Gasteiger partial charge in [-0.25, -0.2) is 9.07 Å². The number of rotatable bonds is 6. The Morgan fingerprint density at radius 2 is 1.88 bits per heavy atom. The lowest BCUT2D eigenvalue weighted by molar-refractivity contribution is -0.143. The SMILES string of the molecule is O=C(NCC(c1ccco1)N1CCCCC1)c1cnn(-c2ccccc2F)c1C(F)(F)F. The number of alkyl halides is 3. The first-order valence-corrected chi connectivity index (χ1v) is 10.3. The van der Waals surface area contributed by atoms with E-state index < -0.39 is 29.2 Å². The lowest BCUT2D eigenvalue weighted by Gasteiger charge is -2.33. The number of benzene rings is 1. The molecule has 32 heavy (non-hydrogen) atoms. The summed E-state index contributed by atoms with van der Waals surface area (Å²) < 4.78 is 61.6. The van der Waals surface area contributed by atoms with E-state index in [1.807, 2.05) is 0 Å². The van der Waals surface area contributed by atoms with Crippen LogP contribution >= 0.6 is 0 Å². The topological polar surface area (TPSA) is 63.3 Å². The Balaban J connectivity index is 1.59. The molecule has 1 amide bonds. The van der Waals surface area contributed by atoms with E-state index in [4.69, 9.17) is 4.42 Å². The molecular formula is C22H22F4N4O2. The third-order valence-electron chi connectivity index (χ3n) is 5.52. The predicted molar refractivity (Wildman–Crippen MR) is 108 cm³/mol. The molecule has 4 rings (SSSR count). The summed E-state index contributed by atoms with van der Waals surface area (Å²) in [7, 11) is 0. The number of para-hydroxylation sites is 1. The molecule has 2 aromatic heterocycles. The van der Waals surface area contributed by atoms with Crippen LogP contribution < -0.4 is 5.32 Å². The lowest BCUT2D eigenvalue weighted by atomic mass is 10.1. The number of carbonyl (C=O) groups is 1. The van der Waals surface area contributed by atoms with Crippen LogP contribution in [0.5, 0.6) is 0 Å². The minimum Gasteiger partial charge on any atom is -0.468 e. The zero-order valence-corrected chi connectivity index (χ0v) is 17.1. The Hall–Kier alpha value is -3.14. The molecule has 0 bridgehead atoms. The molecule has 1 fully saturated rings. The standard InChI is InChI=1S/C22H22F4N4O2/c23-16-7-2-3-8-17(16)30-20(22(24,25)26)15(13-28-30)21(31)27-14-18(19-9-6-12-32-19)29-10-4-1-5-11-29/h2-3,6-9,12-13,18H,1,4-5,10-11,14H2,(H,27,31). The van der Waals surface area contributed by atoms with E-state index in [0.717, 1.165) is 44.6 Å². The summed E-state index contributed by atoms with van der Waals surface area (Å²) in [5, 5.41) is 6.26. The maximum atomic E-state index is 14.1. The number of aromatic nitrogens is 2. The molecule has 1 aliphatic rings. The van der Waals surface area contributed by atoms with Crippen molar-refractivity contribution in [2.24, 2.45) is 0 Å². The van der Waals surface area contributed by atoms with Crippen LogP contribution in [-0.4, -0.2) is 40.2 Å². The molecule has 0 saturated carbocycles. The molecular weight excluding hydrogens is 428 g/mol. The van der Waals surface area contributed by atoms with Crippen molar-refractivity contribution in [1.82, 2.24) is 20.0 Å². The fourth-order valence-corrected chi connectivity index (χ4v) is 4.00. The molecule has 1 saturated heterocycles. The van der Waals surface area contributed by atoms with E-state index in [0.29, 0.717) is 10.4 Å². The summed E-state index contributed by atoms with van der Waals surface area (Å²) in [6, 6.07) is 8.17. The maximum Gasteiger partial charge on any atom is 0.434 e. The van der Waals surface area contributed by atoms with Crippen LogP contribution in [0.25, 0.3) is 5.69 Å². The van der Waals surface area contributed by atoms with Crippen LogP contribution in [0.15, 0.2) is 53.3 Å². The highest BCUT2D eigenvalue weighted by atomic mass is 19.4. The van der Waals surface area contributed by atoms with Crippen molar-refractivity contribution >= 4 is 5.91 Å². The Morgan fingerprint density at radius 1 is 1.12 bits per heavy atom. The van der Waals surface area contributed by atoms with E-state index >= 15 is 0 Å². The highest BCUT2D eigenvalue weighted by Gasteiger charge is 2.41. The zero-order chi connectivity index (χ0) is 22.7. The van der Waals surface area contributed by atoms with E-state index in [1.165, 1.54) is 24.5 Å². The van der Waals surface area contributed by atoms with Gasteiger partial charge >= 0.3 is 6.18 Å². The Bertz CT molecular complexity index is 1060. The molecule has 10 heteroatoms. The number of likely N-dealkylation sites (tertiary alicyclic amines) is 1. The molecule has 6 nitrogen and oxygen atoms in total. The van der Waals surface area contributed by atoms with Gasteiger partial charge in [0, 0.05) is 6.54 Å². The third-order valence-corrected chi connectivity index (χ3v) is 5.52. The van der Waals surface area contributed by atoms with Crippen molar-refractivity contribution in [1.29, 1.82) is 0 Å². The van der Waals surface area contributed by atoms with Gasteiger partial charge in [0.05, 0.1) is 24.1 Å². The number of furan rings is 1. The number of amides is 1. The van der Waals surface area contributed by atoms with Gasteiger partial charge in [-0.1, -0.05) is 18.6 Å². The molecule has 1 aromatic carbocycles. The smallest absolute Gasteiger partial charge is 0.434 e. The summed E-state index contributed by atoms with van der Waals surface area (Å²) in [4.78, 5) is 14.9. The third kappa shape index (κ3) is 4.55. The van der Waals surface area contributed by atoms with Crippen molar-refractivity contribution in [2.45, 2.75) is 31.5 Å². The van der Waals surface area contributed by atoms with Gasteiger partial charge < -0.3 is 9.73 Å². The first kappa shape index (κ1) is 22.1. The molecule has 170 valence electrons. The average molecular weight is 450 g/mol. The minimum absolute atomic E-state index is 0.0640. The van der Waals surface area contributed by atoms with Crippen LogP contribution in [0.2, 0.25) is 0 Å². The molecule has 1 unspecified atom stereocenters. The van der Waals surface area contributed by atoms with Gasteiger partial charge in [0.15, 0.2) is 5.69 Å². The molecule has 1 N–H and O–H groups in total. The van der Waals surface area contributed by atoms with Gasteiger partial charge in [-0.3, -0.25) is 9.69 Å². The van der Waals surface area contributed by atoms with Crippen molar-refractivity contribution in [3.63, 3.8) is 0 Å². The fraction of sp³-hybridized carbons (Fsp3) is 0.364. The number of nitrogens with zero attached hydrogens (tertiary/aromatic N) is 3. The van der Waals surface area contributed by atoms with Crippen molar-refractivity contribution in [2.75, 3.05) is 19.6 Å². The molecule has 0 spiro atoms. The number of hydrogen-bond donors (Lipinski definition) is 1. The van der Waals surface area contributed by atoms with Gasteiger partial charge in [-0.05, 0) is 50.2 Å². The fourth-order valence-electron chi connectivity index (χ4n) is 4.00. The van der Waals surface area contributed by atoms with Crippen molar-refractivity contribution in [3.05, 3.63) is 71.7 Å². The summed E-state index contributed by atoms with van der Waals surface area (Å²) in [5.41, 5.74) is -2.38. The van der Waals surface area contributed by atoms with E-state index in [2.05, 4.69) is 15.3 Å². The average Bonchev–Trinajstić information content (AvgIpc) is 3.45. The zero-order valence-electron chi connectivity index (χ0n) is 17.1. The van der Waals surface area contributed by atoms with Crippen LogP contribution in [0, 0.1) is 5.82 Å². The van der Waals surface area contributed by atoms with Gasteiger partial charge in [0.25, 0.3) is 5.91 Å². The predicted octanol–water partition coefficient (Wildman–Crippen LogP) is 4.58. The summed E-state index contributed by atoms with van der Waals surface area (Å²) in [5.74, 6) is -1.19. The molecule has 1 atom stereocenters. The van der Waals surface area contributed by atoms with Crippen LogP contribution in [0.1, 0.15) is 47.1 Å². The largest absolute Gasteiger partial charge is 0.468 e. The normalized spacial score (nSPS) is 16.1. The van der Waals surface area contributed by atoms with Gasteiger partial charge in [-0.2, -0.15) is 18.3 Å². The lowest BCUT2D eigenvalue weighted by Crippen LogP contribution is -2.40. The first-order valence-electron chi connectivity index (χ1n) is 10.3. The highest BCUT2D eigenvalue weighted by molar-refractivity contribution is 5.95. The van der Waals surface area contributed by atoms with Crippen LogP contribution in [0.4, 0.5) is 17.6 Å². The Labute approximate surface area is 181 Å². The Morgan fingerprint density at radius 3 is 2.53 bits per heavy atom. The molecule has 0 radical (unpaired) electrons. The van der Waals surface area contributed by atoms with Gasteiger partial charge in [-0.15, -0.1) is 0 Å². The monoisotopic (exact) mass is 450 g/mol. The summed E-state index contributed by atoms with van der Waals surface area (Å²) >= 11 is 0. The van der Waals surface area contributed by atoms with E-state index in [1.54, 1.807) is 12.1 Å².